The lowest BCUT2D eigenvalue weighted by Crippen LogP contribution is -2.47. The van der Waals surface area contributed by atoms with Crippen LogP contribution in [0, 0.1) is 0 Å². The molecule has 6 nitrogen and oxygen atoms in total. The van der Waals surface area contributed by atoms with E-state index in [4.69, 9.17) is 0 Å². The maximum absolute atomic E-state index is 12.4. The zero-order chi connectivity index (χ0) is 18.5. The quantitative estimate of drug-likeness (QED) is 0.809. The molecule has 2 aliphatic heterocycles. The van der Waals surface area contributed by atoms with E-state index in [0.29, 0.717) is 13.1 Å². The molecule has 0 bridgehead atoms. The van der Waals surface area contributed by atoms with Crippen LogP contribution >= 0.6 is 0 Å². The van der Waals surface area contributed by atoms with Crippen LogP contribution in [0.4, 0.5) is 4.79 Å². The molecule has 1 atom stereocenters. The van der Waals surface area contributed by atoms with Crippen molar-refractivity contribution >= 4 is 6.03 Å². The number of nitrogens with one attached hydrogen (secondary N) is 1. The molecule has 0 aromatic heterocycles. The summed E-state index contributed by atoms with van der Waals surface area (Å²) < 4.78 is 0. The molecule has 3 rings (SSSR count). The number of benzene rings is 1. The van der Waals surface area contributed by atoms with Crippen LogP contribution in [0.1, 0.15) is 36.0 Å². The highest BCUT2D eigenvalue weighted by molar-refractivity contribution is 5.73. The second-order valence-corrected chi connectivity index (χ2v) is 7.73. The Morgan fingerprint density at radius 1 is 1.31 bits per heavy atom. The lowest BCUT2D eigenvalue weighted by atomic mass is 10.0. The fraction of sp³-hybridized carbons (Fsp3) is 0.650. The number of hydrogen-bond acceptors (Lipinski definition) is 4. The summed E-state index contributed by atoms with van der Waals surface area (Å²) in [6, 6.07) is 6.75. The van der Waals surface area contributed by atoms with Crippen LogP contribution in [0.3, 0.4) is 0 Å². The van der Waals surface area contributed by atoms with E-state index in [1.165, 1.54) is 29.5 Å². The molecule has 0 spiro atoms. The molecule has 2 heterocycles. The smallest absolute Gasteiger partial charge is 0.317 e. The minimum atomic E-state index is -0.0415. The van der Waals surface area contributed by atoms with Crippen LogP contribution in [-0.2, 0) is 19.6 Å². The summed E-state index contributed by atoms with van der Waals surface area (Å²) >= 11 is 0. The minimum absolute atomic E-state index is 0.0415. The van der Waals surface area contributed by atoms with Crippen LogP contribution < -0.4 is 5.32 Å². The van der Waals surface area contributed by atoms with Crippen molar-refractivity contribution in [1.29, 1.82) is 0 Å². The zero-order valence-corrected chi connectivity index (χ0v) is 16.1. The zero-order valence-electron chi connectivity index (χ0n) is 16.1. The van der Waals surface area contributed by atoms with Gasteiger partial charge in [-0.05, 0) is 43.1 Å². The Labute approximate surface area is 156 Å². The second kappa shape index (κ2) is 8.84. The Bertz CT molecular complexity index is 622. The molecular formula is C20H32N4O2. The van der Waals surface area contributed by atoms with Crippen molar-refractivity contribution in [3.63, 3.8) is 0 Å². The summed E-state index contributed by atoms with van der Waals surface area (Å²) in [5.74, 6) is 0. The first kappa shape index (κ1) is 19.1. The maximum atomic E-state index is 12.4. The van der Waals surface area contributed by atoms with Crippen LogP contribution in [0.25, 0.3) is 0 Å². The highest BCUT2D eigenvalue weighted by atomic mass is 16.3. The number of aliphatic hydroxyl groups excluding tert-OH is 1. The van der Waals surface area contributed by atoms with Crippen molar-refractivity contribution in [1.82, 2.24) is 20.0 Å². The molecule has 0 unspecified atom stereocenters. The summed E-state index contributed by atoms with van der Waals surface area (Å²) in [6.45, 7) is 5.26. The van der Waals surface area contributed by atoms with Crippen LogP contribution in [0.15, 0.2) is 18.2 Å². The standard InChI is InChI=1S/C20H32N4O2/c1-22-13-17-7-6-16(11-18(17)14-22)12-23(2)20(26)21-8-10-24-9-4-3-5-19(24)15-25/h6-7,11,19,25H,3-5,8-10,12-15H2,1-2H3,(H,21,26)/t19-/m1/s1. The number of likely N-dealkylation sites (tertiary alicyclic amines) is 1. The van der Waals surface area contributed by atoms with Crippen molar-refractivity contribution in [3.05, 3.63) is 34.9 Å². The van der Waals surface area contributed by atoms with Crippen LogP contribution in [-0.4, -0.2) is 72.2 Å². The number of fused-ring (bicyclic) bond motifs is 1. The number of amides is 2. The highest BCUT2D eigenvalue weighted by Gasteiger charge is 2.21. The van der Waals surface area contributed by atoms with Gasteiger partial charge in [-0.15, -0.1) is 0 Å². The monoisotopic (exact) mass is 360 g/mol. The largest absolute Gasteiger partial charge is 0.395 e. The molecule has 144 valence electrons. The molecule has 0 radical (unpaired) electrons. The molecule has 1 aromatic rings. The predicted octanol–water partition coefficient (Wildman–Crippen LogP) is 1.62. The van der Waals surface area contributed by atoms with E-state index in [1.807, 2.05) is 7.05 Å². The highest BCUT2D eigenvalue weighted by Crippen LogP contribution is 2.22. The van der Waals surface area contributed by atoms with Gasteiger partial charge in [0, 0.05) is 45.8 Å². The maximum Gasteiger partial charge on any atom is 0.317 e. The molecule has 6 heteroatoms. The van der Waals surface area contributed by atoms with E-state index >= 15 is 0 Å². The van der Waals surface area contributed by atoms with Crippen molar-refractivity contribution in [2.45, 2.75) is 44.9 Å². The van der Waals surface area contributed by atoms with Gasteiger partial charge in [0.2, 0.25) is 0 Å². The number of rotatable bonds is 6. The van der Waals surface area contributed by atoms with Gasteiger partial charge in [0.05, 0.1) is 6.61 Å². The minimum Gasteiger partial charge on any atom is -0.395 e. The van der Waals surface area contributed by atoms with E-state index in [-0.39, 0.29) is 18.7 Å². The molecule has 2 N–H and O–H groups in total. The first-order valence-corrected chi connectivity index (χ1v) is 9.70. The first-order chi connectivity index (χ1) is 12.6. The lowest BCUT2D eigenvalue weighted by molar-refractivity contribution is 0.0911. The normalized spacial score (nSPS) is 20.8. The van der Waals surface area contributed by atoms with Crippen molar-refractivity contribution < 1.29 is 9.90 Å². The van der Waals surface area contributed by atoms with E-state index in [0.717, 1.165) is 32.6 Å². The SMILES string of the molecule is CN1Cc2ccc(CN(C)C(=O)NCCN3CCCC[C@@H]3CO)cc2C1. The second-order valence-electron chi connectivity index (χ2n) is 7.73. The third kappa shape index (κ3) is 4.75. The molecule has 2 amide bonds. The summed E-state index contributed by atoms with van der Waals surface area (Å²) in [6.07, 6.45) is 3.42. The van der Waals surface area contributed by atoms with E-state index in [2.05, 4.69) is 40.4 Å². The number of aliphatic hydroxyl groups is 1. The number of nitrogens with zero attached hydrogens (tertiary/aromatic N) is 3. The fourth-order valence-electron chi connectivity index (χ4n) is 4.06. The fourth-order valence-corrected chi connectivity index (χ4v) is 4.06. The van der Waals surface area contributed by atoms with Crippen molar-refractivity contribution in [2.75, 3.05) is 40.3 Å². The third-order valence-electron chi connectivity index (χ3n) is 5.55. The Morgan fingerprint density at radius 3 is 2.92 bits per heavy atom. The number of hydrogen-bond donors (Lipinski definition) is 2. The average Bonchev–Trinajstić information content (AvgIpc) is 3.01. The number of carbonyl (C=O) groups is 1. The molecule has 1 aromatic carbocycles. The Hall–Kier alpha value is -1.63. The van der Waals surface area contributed by atoms with Gasteiger partial charge < -0.3 is 15.3 Å². The molecule has 0 saturated carbocycles. The lowest BCUT2D eigenvalue weighted by Gasteiger charge is -2.34. The van der Waals surface area contributed by atoms with Gasteiger partial charge in [-0.1, -0.05) is 24.6 Å². The summed E-state index contributed by atoms with van der Waals surface area (Å²) in [7, 11) is 3.97. The number of carbonyl (C=O) groups excluding carboxylic acids is 1. The van der Waals surface area contributed by atoms with Gasteiger partial charge in [0.1, 0.15) is 0 Å². The average molecular weight is 361 g/mol. The third-order valence-corrected chi connectivity index (χ3v) is 5.55. The molecule has 0 aliphatic carbocycles. The molecule has 26 heavy (non-hydrogen) atoms. The van der Waals surface area contributed by atoms with Crippen LogP contribution in [0.5, 0.6) is 0 Å². The molecule has 1 fully saturated rings. The van der Waals surface area contributed by atoms with Crippen LogP contribution in [0.2, 0.25) is 0 Å². The van der Waals surface area contributed by atoms with E-state index in [1.54, 1.807) is 4.90 Å². The molecular weight excluding hydrogens is 328 g/mol. The molecule has 1 saturated heterocycles. The summed E-state index contributed by atoms with van der Waals surface area (Å²) in [4.78, 5) is 18.7. The van der Waals surface area contributed by atoms with E-state index < -0.39 is 0 Å². The topological polar surface area (TPSA) is 59.0 Å². The number of urea groups is 1. The van der Waals surface area contributed by atoms with Crippen molar-refractivity contribution in [2.24, 2.45) is 0 Å². The number of piperidine rings is 1. The van der Waals surface area contributed by atoms with Crippen molar-refractivity contribution in [3.8, 4) is 0 Å². The van der Waals surface area contributed by atoms with Gasteiger partial charge in [-0.3, -0.25) is 9.80 Å². The Morgan fingerprint density at radius 2 is 2.12 bits per heavy atom. The predicted molar refractivity (Wildman–Crippen MR) is 103 cm³/mol. The van der Waals surface area contributed by atoms with Gasteiger partial charge in [-0.2, -0.15) is 0 Å². The first-order valence-electron chi connectivity index (χ1n) is 9.70. The Kier molecular flexibility index (Phi) is 6.51. The van der Waals surface area contributed by atoms with Gasteiger partial charge in [0.25, 0.3) is 0 Å². The Balaban J connectivity index is 1.44. The van der Waals surface area contributed by atoms with E-state index in [9.17, 15) is 9.90 Å². The van der Waals surface area contributed by atoms with Gasteiger partial charge in [0.15, 0.2) is 0 Å². The molecule has 2 aliphatic rings. The summed E-state index contributed by atoms with van der Waals surface area (Å²) in [5, 5.41) is 12.5. The summed E-state index contributed by atoms with van der Waals surface area (Å²) in [5.41, 5.74) is 3.94. The van der Waals surface area contributed by atoms with Gasteiger partial charge >= 0.3 is 6.03 Å². The van der Waals surface area contributed by atoms with Gasteiger partial charge in [-0.25, -0.2) is 4.79 Å².